The number of benzene rings is 1. The molecule has 0 saturated carbocycles. The highest BCUT2D eigenvalue weighted by atomic mass is 19.4. The van der Waals surface area contributed by atoms with Gasteiger partial charge in [-0.25, -0.2) is 14.5 Å². The summed E-state index contributed by atoms with van der Waals surface area (Å²) >= 11 is 0. The van der Waals surface area contributed by atoms with Crippen LogP contribution in [0.5, 0.6) is 0 Å². The zero-order valence-corrected chi connectivity index (χ0v) is 16.4. The standard InChI is InChI=1S/C21H16F3N3O4/c1-20(2)18(29)27(19(30)26(20)11-12-5-7-25-8-6-12)13-3-4-14-15(21(22,23)24)10-17(28)31-16(14)9-13/h3-10H,11H2,1-2H3. The van der Waals surface area contributed by atoms with Gasteiger partial charge in [-0.05, 0) is 43.7 Å². The summed E-state index contributed by atoms with van der Waals surface area (Å²) in [5, 5.41) is -0.345. The average molecular weight is 431 g/mol. The van der Waals surface area contributed by atoms with E-state index in [1.54, 1.807) is 38.4 Å². The molecule has 0 bridgehead atoms. The van der Waals surface area contributed by atoms with Crippen LogP contribution < -0.4 is 10.5 Å². The lowest BCUT2D eigenvalue weighted by molar-refractivity contribution is -0.136. The van der Waals surface area contributed by atoms with Crippen LogP contribution in [0.1, 0.15) is 25.0 Å². The third kappa shape index (κ3) is 3.43. The second-order valence-corrected chi connectivity index (χ2v) is 7.58. The quantitative estimate of drug-likeness (QED) is 0.463. The highest BCUT2D eigenvalue weighted by Crippen LogP contribution is 2.37. The molecule has 3 aromatic rings. The monoisotopic (exact) mass is 431 g/mol. The third-order valence-electron chi connectivity index (χ3n) is 5.21. The maximum Gasteiger partial charge on any atom is 0.417 e. The van der Waals surface area contributed by atoms with Crippen molar-refractivity contribution in [3.05, 3.63) is 70.3 Å². The second-order valence-electron chi connectivity index (χ2n) is 7.58. The number of carbonyl (C=O) groups is 2. The largest absolute Gasteiger partial charge is 0.423 e. The molecule has 0 unspecified atom stereocenters. The number of imide groups is 1. The maximum atomic E-state index is 13.3. The lowest BCUT2D eigenvalue weighted by Gasteiger charge is -2.27. The summed E-state index contributed by atoms with van der Waals surface area (Å²) in [4.78, 5) is 43.9. The smallest absolute Gasteiger partial charge is 0.417 e. The van der Waals surface area contributed by atoms with E-state index in [2.05, 4.69) is 4.98 Å². The van der Waals surface area contributed by atoms with Gasteiger partial charge < -0.3 is 9.32 Å². The number of carbonyl (C=O) groups excluding carboxylic acids is 2. The van der Waals surface area contributed by atoms with Gasteiger partial charge >= 0.3 is 17.8 Å². The van der Waals surface area contributed by atoms with Crippen molar-refractivity contribution in [2.45, 2.75) is 32.1 Å². The molecule has 1 fully saturated rings. The number of rotatable bonds is 3. The van der Waals surface area contributed by atoms with E-state index in [0.29, 0.717) is 6.07 Å². The maximum absolute atomic E-state index is 13.3. The number of hydrogen-bond donors (Lipinski definition) is 0. The van der Waals surface area contributed by atoms with Crippen LogP contribution in [0.25, 0.3) is 11.0 Å². The number of amides is 3. The highest BCUT2D eigenvalue weighted by Gasteiger charge is 2.51. The fraction of sp³-hybridized carbons (Fsp3) is 0.238. The molecule has 0 aliphatic carbocycles. The zero-order chi connectivity index (χ0) is 22.6. The van der Waals surface area contributed by atoms with Crippen molar-refractivity contribution < 1.29 is 27.2 Å². The van der Waals surface area contributed by atoms with Crippen LogP contribution >= 0.6 is 0 Å². The van der Waals surface area contributed by atoms with Gasteiger partial charge in [0.25, 0.3) is 5.91 Å². The Kier molecular flexibility index (Phi) is 4.60. The van der Waals surface area contributed by atoms with E-state index in [1.807, 2.05) is 0 Å². The highest BCUT2D eigenvalue weighted by molar-refractivity contribution is 6.23. The van der Waals surface area contributed by atoms with Crippen molar-refractivity contribution in [3.8, 4) is 0 Å². The molecule has 7 nitrogen and oxygen atoms in total. The minimum Gasteiger partial charge on any atom is -0.423 e. The second kappa shape index (κ2) is 6.93. The molecular formula is C21H16F3N3O4. The number of alkyl halides is 3. The first kappa shape index (κ1) is 20.6. The van der Waals surface area contributed by atoms with E-state index in [9.17, 15) is 27.6 Å². The number of urea groups is 1. The van der Waals surface area contributed by atoms with Crippen molar-refractivity contribution in [1.29, 1.82) is 0 Å². The third-order valence-corrected chi connectivity index (χ3v) is 5.21. The molecule has 160 valence electrons. The Hall–Kier alpha value is -3.69. The van der Waals surface area contributed by atoms with Crippen LogP contribution in [0.4, 0.5) is 23.7 Å². The van der Waals surface area contributed by atoms with Gasteiger partial charge in [-0.1, -0.05) is 0 Å². The Balaban J connectivity index is 1.78. The number of nitrogens with zero attached hydrogens (tertiary/aromatic N) is 3. The fourth-order valence-corrected chi connectivity index (χ4v) is 3.52. The summed E-state index contributed by atoms with van der Waals surface area (Å²) in [5.41, 5.74) is -3.15. The molecule has 2 aromatic heterocycles. The van der Waals surface area contributed by atoms with Crippen LogP contribution in [-0.2, 0) is 17.5 Å². The summed E-state index contributed by atoms with van der Waals surface area (Å²) < 4.78 is 44.7. The van der Waals surface area contributed by atoms with E-state index in [0.717, 1.165) is 22.6 Å². The molecule has 0 spiro atoms. The van der Waals surface area contributed by atoms with Gasteiger partial charge in [0.2, 0.25) is 0 Å². The molecule has 1 aromatic carbocycles. The molecule has 1 aliphatic heterocycles. The SMILES string of the molecule is CC1(C)C(=O)N(c2ccc3c(C(F)(F)F)cc(=O)oc3c2)C(=O)N1Cc1ccncc1. The Morgan fingerprint density at radius 2 is 1.71 bits per heavy atom. The van der Waals surface area contributed by atoms with Crippen molar-refractivity contribution in [1.82, 2.24) is 9.88 Å². The first-order valence-electron chi connectivity index (χ1n) is 9.20. The Labute approximate surface area is 173 Å². The lowest BCUT2D eigenvalue weighted by Crippen LogP contribution is -2.43. The Bertz CT molecular complexity index is 1250. The molecule has 3 heterocycles. The van der Waals surface area contributed by atoms with E-state index in [-0.39, 0.29) is 23.2 Å². The van der Waals surface area contributed by atoms with Crippen LogP contribution in [0.2, 0.25) is 0 Å². The average Bonchev–Trinajstić information content (AvgIpc) is 2.86. The van der Waals surface area contributed by atoms with Crippen LogP contribution in [0, 0.1) is 0 Å². The molecule has 0 N–H and O–H groups in total. The van der Waals surface area contributed by atoms with Crippen molar-refractivity contribution in [2.75, 3.05) is 4.90 Å². The van der Waals surface area contributed by atoms with E-state index >= 15 is 0 Å². The summed E-state index contributed by atoms with van der Waals surface area (Å²) in [6.07, 6.45) is -1.64. The molecule has 3 amide bonds. The first-order chi connectivity index (χ1) is 14.5. The first-order valence-corrected chi connectivity index (χ1v) is 9.20. The molecule has 4 rings (SSSR count). The minimum absolute atomic E-state index is 0.00952. The lowest BCUT2D eigenvalue weighted by atomic mass is 10.0. The van der Waals surface area contributed by atoms with Crippen LogP contribution in [0.15, 0.2) is 58.0 Å². The number of pyridine rings is 1. The number of anilines is 1. The summed E-state index contributed by atoms with van der Waals surface area (Å²) in [7, 11) is 0. The molecule has 0 radical (unpaired) electrons. The van der Waals surface area contributed by atoms with Gasteiger partial charge in [-0.3, -0.25) is 9.78 Å². The molecule has 10 heteroatoms. The van der Waals surface area contributed by atoms with Gasteiger partial charge in [0, 0.05) is 36.5 Å². The van der Waals surface area contributed by atoms with Crippen molar-refractivity contribution in [3.63, 3.8) is 0 Å². The number of aromatic nitrogens is 1. The van der Waals surface area contributed by atoms with Gasteiger partial charge in [0.1, 0.15) is 11.1 Å². The molecule has 1 saturated heterocycles. The Morgan fingerprint density at radius 1 is 1.03 bits per heavy atom. The summed E-state index contributed by atoms with van der Waals surface area (Å²) in [6, 6.07) is 6.54. The van der Waals surface area contributed by atoms with E-state index in [4.69, 9.17) is 4.42 Å². The van der Waals surface area contributed by atoms with Crippen molar-refractivity contribution >= 4 is 28.6 Å². The normalized spacial score (nSPS) is 16.4. The van der Waals surface area contributed by atoms with E-state index in [1.165, 1.54) is 11.0 Å². The number of fused-ring (bicyclic) bond motifs is 1. The number of halogens is 3. The molecular weight excluding hydrogens is 415 g/mol. The molecule has 0 atom stereocenters. The van der Waals surface area contributed by atoms with Gasteiger partial charge in [0.05, 0.1) is 11.3 Å². The fourth-order valence-electron chi connectivity index (χ4n) is 3.52. The minimum atomic E-state index is -4.77. The predicted molar refractivity (Wildman–Crippen MR) is 104 cm³/mol. The Morgan fingerprint density at radius 3 is 2.35 bits per heavy atom. The van der Waals surface area contributed by atoms with Gasteiger partial charge in [-0.2, -0.15) is 13.2 Å². The summed E-state index contributed by atoms with van der Waals surface area (Å²) in [6.45, 7) is 3.30. The van der Waals surface area contributed by atoms with Crippen molar-refractivity contribution in [2.24, 2.45) is 0 Å². The van der Waals surface area contributed by atoms with E-state index < -0.39 is 34.8 Å². The summed E-state index contributed by atoms with van der Waals surface area (Å²) in [5.74, 6) is -0.555. The van der Waals surface area contributed by atoms with Gasteiger partial charge in [0.15, 0.2) is 0 Å². The zero-order valence-electron chi connectivity index (χ0n) is 16.4. The molecule has 31 heavy (non-hydrogen) atoms. The van der Waals surface area contributed by atoms with Crippen LogP contribution in [-0.4, -0.2) is 27.4 Å². The van der Waals surface area contributed by atoms with Gasteiger partial charge in [-0.15, -0.1) is 0 Å². The predicted octanol–water partition coefficient (Wildman–Crippen LogP) is 3.95. The topological polar surface area (TPSA) is 83.7 Å². The molecule has 1 aliphatic rings. The number of hydrogen-bond acceptors (Lipinski definition) is 5. The van der Waals surface area contributed by atoms with Crippen LogP contribution in [0.3, 0.4) is 0 Å².